The van der Waals surface area contributed by atoms with E-state index < -0.39 is 0 Å². The Hall–Kier alpha value is -1.56. The lowest BCUT2D eigenvalue weighted by molar-refractivity contribution is -0.116. The number of halogens is 2. The van der Waals surface area contributed by atoms with Crippen molar-refractivity contribution in [2.75, 3.05) is 18.9 Å². The Kier molecular flexibility index (Phi) is 5.45. The van der Waals surface area contributed by atoms with Crippen LogP contribution in [-0.4, -0.2) is 30.3 Å². The van der Waals surface area contributed by atoms with Crippen molar-refractivity contribution in [3.63, 3.8) is 0 Å². The van der Waals surface area contributed by atoms with Gasteiger partial charge in [0.2, 0.25) is 5.91 Å². The molecule has 0 aliphatic heterocycles. The van der Waals surface area contributed by atoms with Crippen molar-refractivity contribution >= 4 is 52.0 Å². The van der Waals surface area contributed by atoms with Crippen LogP contribution in [0.25, 0.3) is 0 Å². The predicted molar refractivity (Wildman–Crippen MR) is 91.1 cm³/mol. The number of hydrogen-bond acceptors (Lipinski definition) is 3. The molecule has 22 heavy (non-hydrogen) atoms. The first-order valence-corrected chi connectivity index (χ1v) is 8.06. The van der Waals surface area contributed by atoms with Gasteiger partial charge in [-0.1, -0.05) is 23.2 Å². The predicted octanol–water partition coefficient (Wildman–Crippen LogP) is 4.07. The molecular formula is C15H14Cl2N2O2S. The maximum atomic E-state index is 12.2. The van der Waals surface area contributed by atoms with Gasteiger partial charge in [0, 0.05) is 12.7 Å². The van der Waals surface area contributed by atoms with Crippen molar-refractivity contribution in [1.82, 2.24) is 4.90 Å². The van der Waals surface area contributed by atoms with Crippen LogP contribution in [0.2, 0.25) is 10.0 Å². The summed E-state index contributed by atoms with van der Waals surface area (Å²) in [6, 6.07) is 6.69. The van der Waals surface area contributed by atoms with Gasteiger partial charge in [-0.2, -0.15) is 0 Å². The lowest BCUT2D eigenvalue weighted by Gasteiger charge is -2.16. The van der Waals surface area contributed by atoms with Crippen LogP contribution in [0.1, 0.15) is 15.2 Å². The van der Waals surface area contributed by atoms with E-state index in [1.807, 2.05) is 18.4 Å². The number of amides is 2. The van der Waals surface area contributed by atoms with Gasteiger partial charge >= 0.3 is 0 Å². The molecule has 2 amide bonds. The molecule has 0 aliphatic rings. The Balaban J connectivity index is 1.98. The zero-order chi connectivity index (χ0) is 16.3. The van der Waals surface area contributed by atoms with E-state index in [1.165, 1.54) is 16.2 Å². The number of carbonyl (C=O) groups is 2. The molecule has 0 bridgehead atoms. The summed E-state index contributed by atoms with van der Waals surface area (Å²) < 4.78 is 0. The van der Waals surface area contributed by atoms with Crippen molar-refractivity contribution in [3.8, 4) is 0 Å². The van der Waals surface area contributed by atoms with Crippen LogP contribution in [0.3, 0.4) is 0 Å². The molecule has 0 aliphatic carbocycles. The number of rotatable bonds is 4. The number of carbonyl (C=O) groups excluding carboxylic acids is 2. The fraction of sp³-hybridized carbons (Fsp3) is 0.200. The number of aryl methyl sites for hydroxylation is 1. The Bertz CT molecular complexity index is 715. The second kappa shape index (κ2) is 7.13. The molecule has 0 unspecified atom stereocenters. The van der Waals surface area contributed by atoms with Gasteiger partial charge < -0.3 is 10.2 Å². The molecule has 0 saturated carbocycles. The average Bonchev–Trinajstić information content (AvgIpc) is 2.88. The third kappa shape index (κ3) is 4.00. The minimum absolute atomic E-state index is 0.0452. The fourth-order valence-corrected chi connectivity index (χ4v) is 3.04. The summed E-state index contributed by atoms with van der Waals surface area (Å²) in [6.07, 6.45) is 0. The molecule has 1 heterocycles. The molecule has 4 nitrogen and oxygen atoms in total. The zero-order valence-electron chi connectivity index (χ0n) is 12.0. The van der Waals surface area contributed by atoms with Crippen molar-refractivity contribution < 1.29 is 9.59 Å². The molecule has 2 rings (SSSR count). The first-order chi connectivity index (χ1) is 10.4. The molecule has 1 aromatic carbocycles. The summed E-state index contributed by atoms with van der Waals surface area (Å²) in [7, 11) is 1.59. The fourth-order valence-electron chi connectivity index (χ4n) is 1.83. The number of benzene rings is 1. The molecular weight excluding hydrogens is 343 g/mol. The Morgan fingerprint density at radius 2 is 1.95 bits per heavy atom. The zero-order valence-corrected chi connectivity index (χ0v) is 14.4. The number of hydrogen-bond donors (Lipinski definition) is 1. The standard InChI is InChI=1S/C15H14Cl2N2O2S/c1-9-5-6-22-14(9)15(21)19(2)8-13(20)18-10-3-4-11(16)12(17)7-10/h3-7H,8H2,1-2H3,(H,18,20). The summed E-state index contributed by atoms with van der Waals surface area (Å²) >= 11 is 13.1. The SMILES string of the molecule is Cc1ccsc1C(=O)N(C)CC(=O)Nc1ccc(Cl)c(Cl)c1. The maximum absolute atomic E-state index is 12.2. The lowest BCUT2D eigenvalue weighted by atomic mass is 10.2. The highest BCUT2D eigenvalue weighted by Crippen LogP contribution is 2.25. The van der Waals surface area contributed by atoms with E-state index in [-0.39, 0.29) is 18.4 Å². The number of anilines is 1. The minimum Gasteiger partial charge on any atom is -0.332 e. The van der Waals surface area contributed by atoms with Gasteiger partial charge in [-0.3, -0.25) is 9.59 Å². The third-order valence-corrected chi connectivity index (χ3v) is 4.73. The van der Waals surface area contributed by atoms with Gasteiger partial charge in [0.1, 0.15) is 0 Å². The molecule has 0 radical (unpaired) electrons. The Morgan fingerprint density at radius 3 is 2.55 bits per heavy atom. The smallest absolute Gasteiger partial charge is 0.264 e. The molecule has 116 valence electrons. The quantitative estimate of drug-likeness (QED) is 0.897. The van der Waals surface area contributed by atoms with E-state index in [0.717, 1.165) is 5.56 Å². The second-order valence-electron chi connectivity index (χ2n) is 4.77. The van der Waals surface area contributed by atoms with Crippen molar-refractivity contribution in [1.29, 1.82) is 0 Å². The van der Waals surface area contributed by atoms with Crippen molar-refractivity contribution in [3.05, 3.63) is 50.1 Å². The van der Waals surface area contributed by atoms with Crippen LogP contribution in [0.15, 0.2) is 29.6 Å². The van der Waals surface area contributed by atoms with Gasteiger partial charge in [0.15, 0.2) is 0 Å². The summed E-state index contributed by atoms with van der Waals surface area (Å²) in [6.45, 7) is 1.82. The molecule has 0 atom stereocenters. The average molecular weight is 357 g/mol. The molecule has 0 saturated heterocycles. The van der Waals surface area contributed by atoms with E-state index >= 15 is 0 Å². The number of thiophene rings is 1. The molecule has 0 fully saturated rings. The van der Waals surface area contributed by atoms with E-state index in [1.54, 1.807) is 25.2 Å². The van der Waals surface area contributed by atoms with Crippen molar-refractivity contribution in [2.45, 2.75) is 6.92 Å². The van der Waals surface area contributed by atoms with Crippen LogP contribution in [0, 0.1) is 6.92 Å². The summed E-state index contributed by atoms with van der Waals surface area (Å²) in [5, 5.41) is 5.31. The van der Waals surface area contributed by atoms with Crippen molar-refractivity contribution in [2.24, 2.45) is 0 Å². The molecule has 0 spiro atoms. The highest BCUT2D eigenvalue weighted by Gasteiger charge is 2.18. The van der Waals surface area contributed by atoms with Gasteiger partial charge in [-0.25, -0.2) is 0 Å². The van der Waals surface area contributed by atoms with Crippen LogP contribution in [0.4, 0.5) is 5.69 Å². The molecule has 1 aromatic heterocycles. The van der Waals surface area contributed by atoms with Crippen LogP contribution in [-0.2, 0) is 4.79 Å². The number of nitrogens with zero attached hydrogens (tertiary/aromatic N) is 1. The monoisotopic (exact) mass is 356 g/mol. The minimum atomic E-state index is -0.302. The third-order valence-electron chi connectivity index (χ3n) is 2.99. The first-order valence-electron chi connectivity index (χ1n) is 6.43. The Morgan fingerprint density at radius 1 is 1.23 bits per heavy atom. The maximum Gasteiger partial charge on any atom is 0.264 e. The van der Waals surface area contributed by atoms with Crippen LogP contribution < -0.4 is 5.32 Å². The van der Waals surface area contributed by atoms with Gasteiger partial charge in [0.05, 0.1) is 21.5 Å². The lowest BCUT2D eigenvalue weighted by Crippen LogP contribution is -2.34. The largest absolute Gasteiger partial charge is 0.332 e. The summed E-state index contributed by atoms with van der Waals surface area (Å²) in [5.74, 6) is -0.472. The van der Waals surface area contributed by atoms with E-state index in [4.69, 9.17) is 23.2 Å². The van der Waals surface area contributed by atoms with Gasteiger partial charge in [0.25, 0.3) is 5.91 Å². The second-order valence-corrected chi connectivity index (χ2v) is 6.50. The molecule has 7 heteroatoms. The number of nitrogens with one attached hydrogen (secondary N) is 1. The van der Waals surface area contributed by atoms with Crippen LogP contribution >= 0.6 is 34.5 Å². The van der Waals surface area contributed by atoms with Gasteiger partial charge in [-0.05, 0) is 42.1 Å². The summed E-state index contributed by atoms with van der Waals surface area (Å²) in [5.41, 5.74) is 1.44. The Labute approximate surface area is 142 Å². The van der Waals surface area contributed by atoms with Crippen LogP contribution in [0.5, 0.6) is 0 Å². The first kappa shape index (κ1) is 16.8. The van der Waals surface area contributed by atoms with E-state index in [0.29, 0.717) is 20.6 Å². The van der Waals surface area contributed by atoms with Gasteiger partial charge in [-0.15, -0.1) is 11.3 Å². The number of likely N-dealkylation sites (N-methyl/N-ethyl adjacent to an activating group) is 1. The van der Waals surface area contributed by atoms with E-state index in [2.05, 4.69) is 5.32 Å². The highest BCUT2D eigenvalue weighted by atomic mass is 35.5. The molecule has 1 N–H and O–H groups in total. The topological polar surface area (TPSA) is 49.4 Å². The highest BCUT2D eigenvalue weighted by molar-refractivity contribution is 7.12. The molecule has 2 aromatic rings. The normalized spacial score (nSPS) is 10.4. The summed E-state index contributed by atoms with van der Waals surface area (Å²) in [4.78, 5) is 26.3. The van der Waals surface area contributed by atoms with E-state index in [9.17, 15) is 9.59 Å².